The van der Waals surface area contributed by atoms with Gasteiger partial charge in [0.15, 0.2) is 0 Å². The number of benzene rings is 1. The fourth-order valence-electron chi connectivity index (χ4n) is 2.25. The van der Waals surface area contributed by atoms with E-state index in [0.29, 0.717) is 5.02 Å². The van der Waals surface area contributed by atoms with Crippen LogP contribution in [0.5, 0.6) is 0 Å². The van der Waals surface area contributed by atoms with Gasteiger partial charge in [-0.1, -0.05) is 24.6 Å². The summed E-state index contributed by atoms with van der Waals surface area (Å²) in [6.07, 6.45) is 2.53. The normalized spacial score (nSPS) is 12.4. The molecule has 0 saturated carbocycles. The van der Waals surface area contributed by atoms with E-state index in [1.165, 1.54) is 17.7 Å². The fourth-order valence-corrected chi connectivity index (χ4v) is 2.49. The average Bonchev–Trinajstić information content (AvgIpc) is 2.41. The SMILES string of the molecule is CCNC(Cc1ccc(F)cc1Cl)c1ccnc(C)c1. The second kappa shape index (κ2) is 6.82. The van der Waals surface area contributed by atoms with Crippen molar-refractivity contribution in [2.24, 2.45) is 0 Å². The summed E-state index contributed by atoms with van der Waals surface area (Å²) >= 11 is 6.11. The van der Waals surface area contributed by atoms with Crippen LogP contribution >= 0.6 is 11.6 Å². The molecular weight excluding hydrogens is 275 g/mol. The molecule has 1 unspecified atom stereocenters. The first-order valence-electron chi connectivity index (χ1n) is 6.70. The van der Waals surface area contributed by atoms with E-state index in [1.54, 1.807) is 12.3 Å². The molecule has 0 bridgehead atoms. The lowest BCUT2D eigenvalue weighted by Gasteiger charge is -2.19. The summed E-state index contributed by atoms with van der Waals surface area (Å²) in [5.74, 6) is -0.307. The molecule has 0 amide bonds. The van der Waals surface area contributed by atoms with E-state index >= 15 is 0 Å². The molecule has 20 heavy (non-hydrogen) atoms. The summed E-state index contributed by atoms with van der Waals surface area (Å²) < 4.78 is 13.1. The van der Waals surface area contributed by atoms with Gasteiger partial charge in [0.1, 0.15) is 5.82 Å². The van der Waals surface area contributed by atoms with E-state index in [0.717, 1.165) is 24.2 Å². The Morgan fingerprint density at radius 2 is 2.10 bits per heavy atom. The first-order valence-corrected chi connectivity index (χ1v) is 7.07. The predicted octanol–water partition coefficient (Wildman–Crippen LogP) is 4.08. The number of aromatic nitrogens is 1. The summed E-state index contributed by atoms with van der Waals surface area (Å²) in [5.41, 5.74) is 3.09. The lowest BCUT2D eigenvalue weighted by atomic mass is 9.99. The monoisotopic (exact) mass is 292 g/mol. The third-order valence-electron chi connectivity index (χ3n) is 3.21. The van der Waals surface area contributed by atoms with E-state index in [9.17, 15) is 4.39 Å². The van der Waals surface area contributed by atoms with Gasteiger partial charge in [0.25, 0.3) is 0 Å². The molecule has 0 aliphatic rings. The minimum absolute atomic E-state index is 0.143. The molecule has 1 aromatic heterocycles. The Hall–Kier alpha value is -1.45. The highest BCUT2D eigenvalue weighted by Crippen LogP contribution is 2.24. The molecule has 0 aliphatic heterocycles. The maximum Gasteiger partial charge on any atom is 0.124 e. The van der Waals surface area contributed by atoms with Gasteiger partial charge in [-0.2, -0.15) is 0 Å². The van der Waals surface area contributed by atoms with Gasteiger partial charge in [-0.05, 0) is 55.3 Å². The molecule has 1 aromatic carbocycles. The van der Waals surface area contributed by atoms with Crippen LogP contribution in [0.1, 0.15) is 29.8 Å². The molecule has 1 N–H and O–H groups in total. The third kappa shape index (κ3) is 3.78. The van der Waals surface area contributed by atoms with Gasteiger partial charge in [-0.3, -0.25) is 4.98 Å². The zero-order valence-corrected chi connectivity index (χ0v) is 12.4. The number of rotatable bonds is 5. The van der Waals surface area contributed by atoms with Crippen LogP contribution in [0.4, 0.5) is 4.39 Å². The maximum atomic E-state index is 13.1. The maximum absolute atomic E-state index is 13.1. The first-order chi connectivity index (χ1) is 9.60. The van der Waals surface area contributed by atoms with Crippen LogP contribution in [0.25, 0.3) is 0 Å². The quantitative estimate of drug-likeness (QED) is 0.898. The van der Waals surface area contributed by atoms with Gasteiger partial charge >= 0.3 is 0 Å². The van der Waals surface area contributed by atoms with Crippen molar-refractivity contribution in [3.05, 3.63) is 64.2 Å². The van der Waals surface area contributed by atoms with Crippen molar-refractivity contribution in [3.63, 3.8) is 0 Å². The smallest absolute Gasteiger partial charge is 0.124 e. The van der Waals surface area contributed by atoms with Gasteiger partial charge in [0.05, 0.1) is 0 Å². The summed E-state index contributed by atoms with van der Waals surface area (Å²) in [4.78, 5) is 4.22. The molecule has 1 atom stereocenters. The number of hydrogen-bond donors (Lipinski definition) is 1. The van der Waals surface area contributed by atoms with Crippen LogP contribution in [-0.2, 0) is 6.42 Å². The van der Waals surface area contributed by atoms with Crippen molar-refractivity contribution >= 4 is 11.6 Å². The van der Waals surface area contributed by atoms with Gasteiger partial charge in [-0.25, -0.2) is 4.39 Å². The summed E-state index contributed by atoms with van der Waals surface area (Å²) in [5, 5.41) is 3.91. The molecule has 1 heterocycles. The van der Waals surface area contributed by atoms with E-state index in [2.05, 4.69) is 23.3 Å². The van der Waals surface area contributed by atoms with Crippen LogP contribution in [0.15, 0.2) is 36.5 Å². The van der Waals surface area contributed by atoms with E-state index in [4.69, 9.17) is 11.6 Å². The van der Waals surface area contributed by atoms with Crippen molar-refractivity contribution in [3.8, 4) is 0 Å². The van der Waals surface area contributed by atoms with Crippen LogP contribution in [0.2, 0.25) is 5.02 Å². The van der Waals surface area contributed by atoms with E-state index in [1.807, 2.05) is 13.0 Å². The second-order valence-corrected chi connectivity index (χ2v) is 5.19. The number of halogens is 2. The van der Waals surface area contributed by atoms with Gasteiger partial charge in [-0.15, -0.1) is 0 Å². The molecule has 0 spiro atoms. The highest BCUT2D eigenvalue weighted by atomic mass is 35.5. The number of nitrogens with zero attached hydrogens (tertiary/aromatic N) is 1. The summed E-state index contributed by atoms with van der Waals surface area (Å²) in [6, 6.07) is 8.75. The number of pyridine rings is 1. The molecule has 0 saturated heterocycles. The second-order valence-electron chi connectivity index (χ2n) is 4.78. The molecule has 2 aromatic rings. The first kappa shape index (κ1) is 14.9. The Kier molecular flexibility index (Phi) is 5.10. The standard InChI is InChI=1S/C16H18ClFN2/c1-3-19-16(13-6-7-20-11(2)8-13)9-12-4-5-14(18)10-15(12)17/h4-8,10,16,19H,3,9H2,1-2H3. The Morgan fingerprint density at radius 3 is 2.75 bits per heavy atom. The topological polar surface area (TPSA) is 24.9 Å². The van der Waals surface area contributed by atoms with Crippen LogP contribution < -0.4 is 5.32 Å². The zero-order chi connectivity index (χ0) is 14.5. The number of likely N-dealkylation sites (N-methyl/N-ethyl adjacent to an activating group) is 1. The molecular formula is C16H18ClFN2. The van der Waals surface area contributed by atoms with Crippen LogP contribution in [-0.4, -0.2) is 11.5 Å². The van der Waals surface area contributed by atoms with Crippen molar-refractivity contribution < 1.29 is 4.39 Å². The summed E-state index contributed by atoms with van der Waals surface area (Å²) in [6.45, 7) is 4.88. The Bertz CT molecular complexity index is 586. The minimum Gasteiger partial charge on any atom is -0.310 e. The van der Waals surface area contributed by atoms with Crippen molar-refractivity contribution in [1.82, 2.24) is 10.3 Å². The average molecular weight is 293 g/mol. The van der Waals surface area contributed by atoms with Crippen LogP contribution in [0.3, 0.4) is 0 Å². The van der Waals surface area contributed by atoms with Crippen molar-refractivity contribution in [2.75, 3.05) is 6.54 Å². The Balaban J connectivity index is 2.25. The molecule has 2 nitrogen and oxygen atoms in total. The molecule has 4 heteroatoms. The largest absolute Gasteiger partial charge is 0.310 e. The molecule has 0 fully saturated rings. The van der Waals surface area contributed by atoms with Gasteiger partial charge < -0.3 is 5.32 Å². The van der Waals surface area contributed by atoms with Gasteiger partial charge in [0, 0.05) is 23.0 Å². The van der Waals surface area contributed by atoms with Gasteiger partial charge in [0.2, 0.25) is 0 Å². The zero-order valence-electron chi connectivity index (χ0n) is 11.7. The van der Waals surface area contributed by atoms with E-state index in [-0.39, 0.29) is 11.9 Å². The highest BCUT2D eigenvalue weighted by Gasteiger charge is 2.13. The van der Waals surface area contributed by atoms with Crippen molar-refractivity contribution in [2.45, 2.75) is 26.3 Å². The van der Waals surface area contributed by atoms with Crippen molar-refractivity contribution in [1.29, 1.82) is 0 Å². The Morgan fingerprint density at radius 1 is 1.30 bits per heavy atom. The lowest BCUT2D eigenvalue weighted by molar-refractivity contribution is 0.548. The highest BCUT2D eigenvalue weighted by molar-refractivity contribution is 6.31. The number of aryl methyl sites for hydroxylation is 1. The lowest BCUT2D eigenvalue weighted by Crippen LogP contribution is -2.23. The minimum atomic E-state index is -0.307. The molecule has 2 rings (SSSR count). The van der Waals surface area contributed by atoms with Crippen LogP contribution in [0, 0.1) is 12.7 Å². The molecule has 0 radical (unpaired) electrons. The molecule has 106 valence electrons. The fraction of sp³-hybridized carbons (Fsp3) is 0.312. The third-order valence-corrected chi connectivity index (χ3v) is 3.56. The predicted molar refractivity (Wildman–Crippen MR) is 80.5 cm³/mol. The molecule has 0 aliphatic carbocycles. The Labute approximate surface area is 124 Å². The summed E-state index contributed by atoms with van der Waals surface area (Å²) in [7, 11) is 0. The number of hydrogen-bond acceptors (Lipinski definition) is 2. The number of nitrogens with one attached hydrogen (secondary N) is 1. The van der Waals surface area contributed by atoms with E-state index < -0.39 is 0 Å².